The highest BCUT2D eigenvalue weighted by atomic mass is 16.6. The average molecular weight is 407 g/mol. The number of para-hydroxylation sites is 1. The third-order valence-corrected chi connectivity index (χ3v) is 4.59. The molecule has 0 atom stereocenters. The summed E-state index contributed by atoms with van der Waals surface area (Å²) >= 11 is 0. The van der Waals surface area contributed by atoms with E-state index in [0.717, 1.165) is 22.3 Å². The van der Waals surface area contributed by atoms with Gasteiger partial charge in [-0.15, -0.1) is 0 Å². The lowest BCUT2D eigenvalue weighted by molar-refractivity contribution is -0.384. The molecular formula is C22H25N5O3. The van der Waals surface area contributed by atoms with Crippen LogP contribution in [-0.4, -0.2) is 36.0 Å². The molecule has 8 nitrogen and oxygen atoms in total. The number of nitrogens with zero attached hydrogens (tertiary/aromatic N) is 3. The molecule has 0 radical (unpaired) electrons. The van der Waals surface area contributed by atoms with Crippen LogP contribution in [0.4, 0.5) is 17.2 Å². The molecule has 156 valence electrons. The van der Waals surface area contributed by atoms with E-state index in [1.54, 1.807) is 12.1 Å². The number of aromatic nitrogens is 1. The van der Waals surface area contributed by atoms with E-state index < -0.39 is 4.92 Å². The van der Waals surface area contributed by atoms with Crippen molar-refractivity contribution in [2.24, 2.45) is 0 Å². The van der Waals surface area contributed by atoms with Gasteiger partial charge in [-0.2, -0.15) is 0 Å². The second-order valence-electron chi connectivity index (χ2n) is 7.52. The number of benzene rings is 2. The number of pyridine rings is 1. The maximum Gasteiger partial charge on any atom is 0.293 e. The summed E-state index contributed by atoms with van der Waals surface area (Å²) in [7, 11) is 3.83. The SMILES string of the molecule is CC(C)NC(=O)c1ccc(NCc2cc(N(C)C)nc3ccccc23)c([N+](=O)[O-])c1. The van der Waals surface area contributed by atoms with Gasteiger partial charge in [0.1, 0.15) is 11.5 Å². The monoisotopic (exact) mass is 407 g/mol. The maximum absolute atomic E-state index is 12.2. The molecule has 30 heavy (non-hydrogen) atoms. The molecule has 0 unspecified atom stereocenters. The Kier molecular flexibility index (Phi) is 6.15. The minimum Gasteiger partial charge on any atom is -0.375 e. The van der Waals surface area contributed by atoms with Crippen LogP contribution in [-0.2, 0) is 6.54 Å². The van der Waals surface area contributed by atoms with E-state index in [2.05, 4.69) is 15.6 Å². The van der Waals surface area contributed by atoms with Crippen LogP contribution in [0.15, 0.2) is 48.5 Å². The molecule has 2 N–H and O–H groups in total. The number of fused-ring (bicyclic) bond motifs is 1. The molecule has 1 heterocycles. The van der Waals surface area contributed by atoms with E-state index >= 15 is 0 Å². The molecule has 8 heteroatoms. The van der Waals surface area contributed by atoms with Crippen molar-refractivity contribution in [2.45, 2.75) is 26.4 Å². The first kappa shape index (κ1) is 21.0. The zero-order valence-electron chi connectivity index (χ0n) is 17.5. The molecule has 0 aliphatic carbocycles. The number of carbonyl (C=O) groups is 1. The van der Waals surface area contributed by atoms with Gasteiger partial charge in [-0.1, -0.05) is 18.2 Å². The van der Waals surface area contributed by atoms with E-state index in [-0.39, 0.29) is 23.2 Å². The highest BCUT2D eigenvalue weighted by Crippen LogP contribution is 2.28. The molecule has 0 saturated carbocycles. The van der Waals surface area contributed by atoms with Crippen molar-refractivity contribution in [3.8, 4) is 0 Å². The normalized spacial score (nSPS) is 10.8. The summed E-state index contributed by atoms with van der Waals surface area (Å²) in [6, 6.07) is 14.2. The fraction of sp³-hybridized carbons (Fsp3) is 0.273. The van der Waals surface area contributed by atoms with Gasteiger partial charge >= 0.3 is 0 Å². The number of nitrogens with one attached hydrogen (secondary N) is 2. The molecule has 0 fully saturated rings. The molecule has 1 aromatic heterocycles. The molecule has 0 saturated heterocycles. The van der Waals surface area contributed by atoms with Gasteiger partial charge in [0.2, 0.25) is 0 Å². The molecule has 1 amide bonds. The third-order valence-electron chi connectivity index (χ3n) is 4.59. The van der Waals surface area contributed by atoms with Crippen LogP contribution < -0.4 is 15.5 Å². The number of hydrogen-bond acceptors (Lipinski definition) is 6. The molecule has 0 spiro atoms. The number of nitro groups is 1. The number of amides is 1. The molecule has 2 aromatic carbocycles. The average Bonchev–Trinajstić information content (AvgIpc) is 2.71. The van der Waals surface area contributed by atoms with Crippen molar-refractivity contribution < 1.29 is 9.72 Å². The fourth-order valence-corrected chi connectivity index (χ4v) is 3.12. The minimum atomic E-state index is -0.482. The zero-order chi connectivity index (χ0) is 21.8. The van der Waals surface area contributed by atoms with Crippen molar-refractivity contribution in [1.82, 2.24) is 10.3 Å². The van der Waals surface area contributed by atoms with Crippen LogP contribution in [0.25, 0.3) is 10.9 Å². The van der Waals surface area contributed by atoms with Gasteiger partial charge in [0.05, 0.1) is 10.4 Å². The number of nitro benzene ring substituents is 1. The molecular weight excluding hydrogens is 382 g/mol. The van der Waals surface area contributed by atoms with Gasteiger partial charge in [-0.25, -0.2) is 4.98 Å². The Hall–Kier alpha value is -3.68. The molecule has 3 rings (SSSR count). The first-order chi connectivity index (χ1) is 14.3. The second-order valence-corrected chi connectivity index (χ2v) is 7.52. The highest BCUT2D eigenvalue weighted by molar-refractivity contribution is 5.96. The maximum atomic E-state index is 12.2. The Morgan fingerprint density at radius 2 is 1.90 bits per heavy atom. The molecule has 0 aliphatic heterocycles. The van der Waals surface area contributed by atoms with Gasteiger partial charge in [0.25, 0.3) is 11.6 Å². The summed E-state index contributed by atoms with van der Waals surface area (Å²) in [5.74, 6) is 0.469. The number of rotatable bonds is 7. The third kappa shape index (κ3) is 4.65. The standard InChI is InChI=1S/C22H25N5O3/c1-14(2)24-22(28)15-9-10-19(20(11-15)27(29)30)23-13-16-12-21(26(3)4)25-18-8-6-5-7-17(16)18/h5-12,14,23H,13H2,1-4H3,(H,24,28). The van der Waals surface area contributed by atoms with Crippen LogP contribution in [0, 0.1) is 10.1 Å². The van der Waals surface area contributed by atoms with Gasteiger partial charge < -0.3 is 15.5 Å². The van der Waals surface area contributed by atoms with Crippen molar-refractivity contribution in [3.05, 3.63) is 69.8 Å². The van der Waals surface area contributed by atoms with E-state index in [4.69, 9.17) is 0 Å². The summed E-state index contributed by atoms with van der Waals surface area (Å²) in [5.41, 5.74) is 2.30. The zero-order valence-corrected chi connectivity index (χ0v) is 17.5. The first-order valence-electron chi connectivity index (χ1n) is 9.65. The van der Waals surface area contributed by atoms with Crippen molar-refractivity contribution in [3.63, 3.8) is 0 Å². The fourth-order valence-electron chi connectivity index (χ4n) is 3.12. The number of carbonyl (C=O) groups excluding carboxylic acids is 1. The Morgan fingerprint density at radius 3 is 2.57 bits per heavy atom. The molecule has 0 aliphatic rings. The van der Waals surface area contributed by atoms with Crippen molar-refractivity contribution in [1.29, 1.82) is 0 Å². The van der Waals surface area contributed by atoms with Crippen molar-refractivity contribution in [2.75, 3.05) is 24.3 Å². The van der Waals surface area contributed by atoms with Gasteiger partial charge in [-0.3, -0.25) is 14.9 Å². The van der Waals surface area contributed by atoms with E-state index in [9.17, 15) is 14.9 Å². The van der Waals surface area contributed by atoms with Crippen LogP contribution in [0.1, 0.15) is 29.8 Å². The highest BCUT2D eigenvalue weighted by Gasteiger charge is 2.18. The largest absolute Gasteiger partial charge is 0.375 e. The summed E-state index contributed by atoms with van der Waals surface area (Å²) in [5, 5.41) is 18.5. The second kappa shape index (κ2) is 8.77. The van der Waals surface area contributed by atoms with E-state index in [1.165, 1.54) is 6.07 Å². The lowest BCUT2D eigenvalue weighted by Gasteiger charge is -2.16. The summed E-state index contributed by atoms with van der Waals surface area (Å²) < 4.78 is 0. The summed E-state index contributed by atoms with van der Waals surface area (Å²) in [6.45, 7) is 4.05. The smallest absolute Gasteiger partial charge is 0.293 e. The van der Waals surface area contributed by atoms with Gasteiger partial charge in [-0.05, 0) is 43.7 Å². The minimum absolute atomic E-state index is 0.0554. The molecule has 3 aromatic rings. The quantitative estimate of drug-likeness (QED) is 0.454. The molecule has 0 bridgehead atoms. The number of hydrogen-bond donors (Lipinski definition) is 2. The van der Waals surface area contributed by atoms with Crippen LogP contribution in [0.5, 0.6) is 0 Å². The Balaban J connectivity index is 1.92. The van der Waals surface area contributed by atoms with Crippen LogP contribution in [0.3, 0.4) is 0 Å². The van der Waals surface area contributed by atoms with Crippen molar-refractivity contribution >= 4 is 34.0 Å². The lowest BCUT2D eigenvalue weighted by Crippen LogP contribution is -2.30. The predicted molar refractivity (Wildman–Crippen MR) is 119 cm³/mol. The first-order valence-corrected chi connectivity index (χ1v) is 9.65. The van der Waals surface area contributed by atoms with Gasteiger partial charge in [0, 0.05) is 43.7 Å². The van der Waals surface area contributed by atoms with E-state index in [1.807, 2.05) is 63.2 Å². The Morgan fingerprint density at radius 1 is 1.17 bits per heavy atom. The van der Waals surface area contributed by atoms with E-state index in [0.29, 0.717) is 12.2 Å². The Labute approximate surface area is 175 Å². The Bertz CT molecular complexity index is 1100. The summed E-state index contributed by atoms with van der Waals surface area (Å²) in [4.78, 5) is 29.9. The van der Waals surface area contributed by atoms with Gasteiger partial charge in [0.15, 0.2) is 0 Å². The number of anilines is 2. The summed E-state index contributed by atoms with van der Waals surface area (Å²) in [6.07, 6.45) is 0. The topological polar surface area (TPSA) is 100 Å². The lowest BCUT2D eigenvalue weighted by atomic mass is 10.1. The van der Waals surface area contributed by atoms with Crippen LogP contribution >= 0.6 is 0 Å². The van der Waals surface area contributed by atoms with Crippen LogP contribution in [0.2, 0.25) is 0 Å². The predicted octanol–water partition coefficient (Wildman–Crippen LogP) is 3.96.